The summed E-state index contributed by atoms with van der Waals surface area (Å²) < 4.78 is 25.9. The van der Waals surface area contributed by atoms with Gasteiger partial charge >= 0.3 is 0 Å². The fraction of sp³-hybridized carbons (Fsp3) is 0.600. The summed E-state index contributed by atoms with van der Waals surface area (Å²) in [5.41, 5.74) is 0.0699. The van der Waals surface area contributed by atoms with Crippen LogP contribution in [-0.2, 0) is 4.79 Å². The second-order valence-corrected chi connectivity index (χ2v) is 7.92. The van der Waals surface area contributed by atoms with Crippen molar-refractivity contribution in [2.45, 2.75) is 50.4 Å². The Kier molecular flexibility index (Phi) is 6.00. The number of amides is 2. The molecule has 2 amide bonds. The number of fused-ring (bicyclic) bond motifs is 2. The maximum Gasteiger partial charge on any atom is 0.263 e. The molecule has 0 saturated carbocycles. The average Bonchev–Trinajstić information content (AvgIpc) is 2.90. The fourth-order valence-corrected chi connectivity index (χ4v) is 4.43. The van der Waals surface area contributed by atoms with Crippen LogP contribution in [0.25, 0.3) is 0 Å². The molecule has 6 nitrogen and oxygen atoms in total. The van der Waals surface area contributed by atoms with Gasteiger partial charge in [0.2, 0.25) is 5.91 Å². The molecule has 0 radical (unpaired) electrons. The molecule has 0 unspecified atom stereocenters. The van der Waals surface area contributed by atoms with Gasteiger partial charge in [-0.05, 0) is 46.0 Å². The molecule has 2 heterocycles. The molecule has 1 aromatic rings. The third-order valence-corrected chi connectivity index (χ3v) is 5.68. The number of rotatable bonds is 5. The zero-order valence-electron chi connectivity index (χ0n) is 16.4. The van der Waals surface area contributed by atoms with E-state index >= 15 is 0 Å². The largest absolute Gasteiger partial charge is 0.391 e. The number of hydrogen-bond donors (Lipinski definition) is 1. The minimum Gasteiger partial charge on any atom is -0.391 e. The van der Waals surface area contributed by atoms with Gasteiger partial charge in [0.15, 0.2) is 0 Å². The summed E-state index contributed by atoms with van der Waals surface area (Å²) in [6.07, 6.45) is -1.85. The molecule has 1 aromatic carbocycles. The SMILES string of the molecule is C[C@H](O)[C@H](C(=O)N1[C@@H]2CC[C@H]1CN(C(=O)c1cccc(C(F)F)c1)C2)N(C)C. The molecular weight excluding hydrogens is 368 g/mol. The van der Waals surface area contributed by atoms with E-state index < -0.39 is 18.6 Å². The van der Waals surface area contributed by atoms with Crippen molar-refractivity contribution in [3.05, 3.63) is 35.4 Å². The minimum absolute atomic E-state index is 0.116. The van der Waals surface area contributed by atoms with Crippen LogP contribution in [-0.4, -0.2) is 83.0 Å². The number of benzene rings is 1. The molecule has 2 aliphatic rings. The molecule has 2 fully saturated rings. The molecule has 2 aliphatic heterocycles. The van der Waals surface area contributed by atoms with E-state index in [1.165, 1.54) is 18.2 Å². The van der Waals surface area contributed by atoms with Gasteiger partial charge in [0, 0.05) is 36.3 Å². The Bertz CT molecular complexity index is 719. The summed E-state index contributed by atoms with van der Waals surface area (Å²) in [7, 11) is 3.51. The van der Waals surface area contributed by atoms with Crippen LogP contribution >= 0.6 is 0 Å². The Hall–Kier alpha value is -2.06. The molecule has 2 bridgehead atoms. The first-order valence-electron chi connectivity index (χ1n) is 9.54. The number of carbonyl (C=O) groups excluding carboxylic acids is 2. The predicted octanol–water partition coefficient (Wildman–Crippen LogP) is 1.75. The highest BCUT2D eigenvalue weighted by Gasteiger charge is 2.46. The maximum atomic E-state index is 13.0. The van der Waals surface area contributed by atoms with Crippen LogP contribution in [0.4, 0.5) is 8.78 Å². The molecule has 2 saturated heterocycles. The lowest BCUT2D eigenvalue weighted by atomic mass is 10.1. The number of carbonyl (C=O) groups is 2. The van der Waals surface area contributed by atoms with Crippen LogP contribution in [0.2, 0.25) is 0 Å². The van der Waals surface area contributed by atoms with Gasteiger partial charge < -0.3 is 14.9 Å². The number of halogens is 2. The summed E-state index contributed by atoms with van der Waals surface area (Å²) in [5, 5.41) is 10.0. The molecule has 28 heavy (non-hydrogen) atoms. The van der Waals surface area contributed by atoms with Crippen LogP contribution < -0.4 is 0 Å². The van der Waals surface area contributed by atoms with E-state index in [4.69, 9.17) is 0 Å². The van der Waals surface area contributed by atoms with Crippen molar-refractivity contribution in [2.24, 2.45) is 0 Å². The highest BCUT2D eigenvalue weighted by atomic mass is 19.3. The van der Waals surface area contributed by atoms with Crippen LogP contribution in [0, 0.1) is 0 Å². The van der Waals surface area contributed by atoms with Crippen molar-refractivity contribution < 1.29 is 23.5 Å². The number of hydrogen-bond acceptors (Lipinski definition) is 4. The van der Waals surface area contributed by atoms with E-state index in [1.54, 1.807) is 36.9 Å². The Morgan fingerprint density at radius 2 is 1.79 bits per heavy atom. The molecule has 3 rings (SSSR count). The number of likely N-dealkylation sites (N-methyl/N-ethyl adjacent to an activating group) is 1. The zero-order valence-corrected chi connectivity index (χ0v) is 16.4. The van der Waals surface area contributed by atoms with Crippen molar-refractivity contribution in [1.82, 2.24) is 14.7 Å². The van der Waals surface area contributed by atoms with Gasteiger partial charge in [-0.1, -0.05) is 12.1 Å². The van der Waals surface area contributed by atoms with Gasteiger partial charge in [-0.2, -0.15) is 0 Å². The lowest BCUT2D eigenvalue weighted by Gasteiger charge is -2.43. The second kappa shape index (κ2) is 8.13. The normalized spacial score (nSPS) is 24.0. The van der Waals surface area contributed by atoms with Crippen molar-refractivity contribution >= 4 is 11.8 Å². The number of alkyl halides is 2. The van der Waals surface area contributed by atoms with E-state index in [1.807, 2.05) is 4.90 Å². The average molecular weight is 395 g/mol. The zero-order chi connectivity index (χ0) is 20.6. The van der Waals surface area contributed by atoms with E-state index in [0.29, 0.717) is 13.1 Å². The Balaban J connectivity index is 1.75. The summed E-state index contributed by atoms with van der Waals surface area (Å²) in [6, 6.07) is 4.69. The van der Waals surface area contributed by atoms with Gasteiger partial charge in [-0.3, -0.25) is 14.5 Å². The first kappa shape index (κ1) is 20.7. The minimum atomic E-state index is -2.62. The topological polar surface area (TPSA) is 64.1 Å². The predicted molar refractivity (Wildman–Crippen MR) is 100 cm³/mol. The Labute approximate surface area is 163 Å². The van der Waals surface area contributed by atoms with Gasteiger partial charge in [-0.15, -0.1) is 0 Å². The van der Waals surface area contributed by atoms with Crippen LogP contribution in [0.15, 0.2) is 24.3 Å². The number of aliphatic hydroxyl groups is 1. The first-order chi connectivity index (χ1) is 13.2. The third kappa shape index (κ3) is 3.89. The third-order valence-electron chi connectivity index (χ3n) is 5.68. The van der Waals surface area contributed by atoms with E-state index in [9.17, 15) is 23.5 Å². The van der Waals surface area contributed by atoms with Crippen LogP contribution in [0.3, 0.4) is 0 Å². The van der Waals surface area contributed by atoms with Crippen molar-refractivity contribution in [3.8, 4) is 0 Å². The number of piperazine rings is 1. The van der Waals surface area contributed by atoms with Crippen molar-refractivity contribution in [3.63, 3.8) is 0 Å². The molecule has 8 heteroatoms. The monoisotopic (exact) mass is 395 g/mol. The fourth-order valence-electron chi connectivity index (χ4n) is 4.43. The van der Waals surface area contributed by atoms with Gasteiger partial charge in [0.25, 0.3) is 12.3 Å². The van der Waals surface area contributed by atoms with Crippen molar-refractivity contribution in [1.29, 1.82) is 0 Å². The molecule has 0 aliphatic carbocycles. The number of aliphatic hydroxyl groups excluding tert-OH is 1. The molecule has 0 aromatic heterocycles. The van der Waals surface area contributed by atoms with Crippen LogP contribution in [0.1, 0.15) is 42.1 Å². The lowest BCUT2D eigenvalue weighted by Crippen LogP contribution is -2.62. The quantitative estimate of drug-likeness (QED) is 0.825. The van der Waals surface area contributed by atoms with E-state index in [0.717, 1.165) is 12.8 Å². The van der Waals surface area contributed by atoms with Gasteiger partial charge in [0.1, 0.15) is 6.04 Å². The van der Waals surface area contributed by atoms with E-state index in [2.05, 4.69) is 0 Å². The summed E-state index contributed by atoms with van der Waals surface area (Å²) in [6.45, 7) is 2.35. The van der Waals surface area contributed by atoms with E-state index in [-0.39, 0.29) is 35.0 Å². The Morgan fingerprint density at radius 1 is 1.18 bits per heavy atom. The summed E-state index contributed by atoms with van der Waals surface area (Å²) in [5.74, 6) is -0.412. The number of likely N-dealkylation sites (tertiary alicyclic amines) is 1. The summed E-state index contributed by atoms with van der Waals surface area (Å²) in [4.78, 5) is 31.1. The maximum absolute atomic E-state index is 13.0. The standard InChI is InChI=1S/C20H27F2N3O3/c1-12(26)17(23(2)3)20(28)25-15-7-8-16(25)11-24(10-15)19(27)14-6-4-5-13(9-14)18(21)22/h4-6,9,12,15-18,26H,7-8,10-11H2,1-3H3/t12-,15-,16+,17+/m0/s1. The molecule has 4 atom stereocenters. The highest BCUT2D eigenvalue weighted by molar-refractivity contribution is 5.95. The summed E-state index contributed by atoms with van der Waals surface area (Å²) >= 11 is 0. The Morgan fingerprint density at radius 3 is 2.29 bits per heavy atom. The molecule has 0 spiro atoms. The lowest BCUT2D eigenvalue weighted by molar-refractivity contribution is -0.145. The number of nitrogens with zero attached hydrogens (tertiary/aromatic N) is 3. The van der Waals surface area contributed by atoms with Gasteiger partial charge in [0.05, 0.1) is 6.10 Å². The molecule has 154 valence electrons. The smallest absolute Gasteiger partial charge is 0.263 e. The molecular formula is C20H27F2N3O3. The molecule has 1 N–H and O–H groups in total. The second-order valence-electron chi connectivity index (χ2n) is 7.92. The van der Waals surface area contributed by atoms with Crippen LogP contribution in [0.5, 0.6) is 0 Å². The highest BCUT2D eigenvalue weighted by Crippen LogP contribution is 2.32. The van der Waals surface area contributed by atoms with Gasteiger partial charge in [-0.25, -0.2) is 8.78 Å². The first-order valence-corrected chi connectivity index (χ1v) is 9.54. The van der Waals surface area contributed by atoms with Crippen molar-refractivity contribution in [2.75, 3.05) is 27.2 Å².